The number of carbonyl (C=O) groups excluding carboxylic acids is 2. The van der Waals surface area contributed by atoms with Crippen LogP contribution in [-0.4, -0.2) is 68.2 Å². The molecule has 2 unspecified atom stereocenters. The van der Waals surface area contributed by atoms with Gasteiger partial charge >= 0.3 is 6.03 Å². The Balaban J connectivity index is 0.00000364. The van der Waals surface area contributed by atoms with Crippen LogP contribution in [0.2, 0.25) is 0 Å². The summed E-state index contributed by atoms with van der Waals surface area (Å²) in [7, 11) is 3.51. The lowest BCUT2D eigenvalue weighted by Gasteiger charge is -2.40. The van der Waals surface area contributed by atoms with Gasteiger partial charge in [0.25, 0.3) is 5.91 Å². The van der Waals surface area contributed by atoms with E-state index in [0.29, 0.717) is 6.54 Å². The number of rotatable bonds is 4. The molecule has 156 valence electrons. The van der Waals surface area contributed by atoms with Gasteiger partial charge in [-0.2, -0.15) is 0 Å². The van der Waals surface area contributed by atoms with E-state index in [1.54, 1.807) is 14.2 Å². The lowest BCUT2D eigenvalue weighted by Crippen LogP contribution is -2.56. The molecule has 3 N–H and O–H groups in total. The summed E-state index contributed by atoms with van der Waals surface area (Å²) in [5.74, 6) is 0.737. The number of likely N-dealkylation sites (tertiary alicyclic amines) is 1. The van der Waals surface area contributed by atoms with Gasteiger partial charge in [0.1, 0.15) is 5.54 Å². The number of methoxy groups -OCH3 is 1. The highest BCUT2D eigenvalue weighted by atomic mass is 127. The van der Waals surface area contributed by atoms with Gasteiger partial charge < -0.3 is 20.3 Å². The first-order valence-electron chi connectivity index (χ1n) is 9.23. The van der Waals surface area contributed by atoms with E-state index in [9.17, 15) is 9.59 Å². The van der Waals surface area contributed by atoms with E-state index < -0.39 is 11.6 Å². The summed E-state index contributed by atoms with van der Waals surface area (Å²) in [6.07, 6.45) is 1.71. The number of aliphatic imine (C=N–C) groups is 1. The topological polar surface area (TPSA) is 95.1 Å². The molecule has 8 nitrogen and oxygen atoms in total. The van der Waals surface area contributed by atoms with Crippen LogP contribution in [0.4, 0.5) is 4.79 Å². The number of halogens is 1. The predicted molar refractivity (Wildman–Crippen MR) is 116 cm³/mol. The minimum atomic E-state index is -0.812. The molecule has 9 heteroatoms. The number of urea groups is 1. The maximum Gasteiger partial charge on any atom is 0.322 e. The second-order valence-corrected chi connectivity index (χ2v) is 8.39. The number of imide groups is 1. The first kappa shape index (κ1) is 23.9. The Morgan fingerprint density at radius 3 is 2.37 bits per heavy atom. The molecule has 2 heterocycles. The van der Waals surface area contributed by atoms with E-state index >= 15 is 0 Å². The van der Waals surface area contributed by atoms with Crippen molar-refractivity contribution in [2.24, 2.45) is 16.3 Å². The van der Waals surface area contributed by atoms with Crippen LogP contribution in [0.25, 0.3) is 0 Å². The lowest BCUT2D eigenvalue weighted by atomic mass is 9.79. The molecule has 2 atom stereocenters. The van der Waals surface area contributed by atoms with Gasteiger partial charge in [-0.15, -0.1) is 24.0 Å². The smallest absolute Gasteiger partial charge is 0.322 e. The molecule has 27 heavy (non-hydrogen) atoms. The average molecular weight is 495 g/mol. The van der Waals surface area contributed by atoms with Gasteiger partial charge in [-0.1, -0.05) is 20.8 Å². The lowest BCUT2D eigenvalue weighted by molar-refractivity contribution is -0.125. The molecule has 2 fully saturated rings. The van der Waals surface area contributed by atoms with Crippen LogP contribution in [-0.2, 0) is 9.53 Å². The number of hydrogen-bond donors (Lipinski definition) is 3. The molecule has 2 aliphatic heterocycles. The molecule has 0 aromatic carbocycles. The quantitative estimate of drug-likeness (QED) is 0.238. The maximum absolute atomic E-state index is 12.1. The third-order valence-electron chi connectivity index (χ3n) is 5.59. The number of nitrogens with one attached hydrogen (secondary N) is 3. The van der Waals surface area contributed by atoms with Crippen molar-refractivity contribution in [3.63, 3.8) is 0 Å². The fourth-order valence-corrected chi connectivity index (χ4v) is 3.77. The van der Waals surface area contributed by atoms with E-state index in [4.69, 9.17) is 4.74 Å². The fraction of sp³-hybridized carbons (Fsp3) is 0.833. The van der Waals surface area contributed by atoms with E-state index in [1.807, 2.05) is 6.92 Å². The van der Waals surface area contributed by atoms with Crippen LogP contribution >= 0.6 is 24.0 Å². The summed E-state index contributed by atoms with van der Waals surface area (Å²) in [4.78, 5) is 30.2. The van der Waals surface area contributed by atoms with E-state index in [0.717, 1.165) is 31.9 Å². The number of piperidine rings is 1. The molecule has 0 spiro atoms. The summed E-state index contributed by atoms with van der Waals surface area (Å²) >= 11 is 0. The van der Waals surface area contributed by atoms with E-state index in [2.05, 4.69) is 46.6 Å². The standard InChI is InChI=1S/C18H33N5O3.HI/c1-17(2,3)13(26-6)11-20-15(19-5)23-9-7-12(8-10-23)18(4)14(24)21-16(25)22-18;/h12-13H,7-11H2,1-6H3,(H,19,20)(H2,21,22,24,25);1H. The summed E-state index contributed by atoms with van der Waals surface area (Å²) in [5, 5.41) is 8.55. The van der Waals surface area contributed by atoms with Crippen molar-refractivity contribution in [1.29, 1.82) is 0 Å². The summed E-state index contributed by atoms with van der Waals surface area (Å²) < 4.78 is 5.60. The first-order valence-corrected chi connectivity index (χ1v) is 9.23. The Hall–Kier alpha value is -1.10. The van der Waals surface area contributed by atoms with Crippen molar-refractivity contribution < 1.29 is 14.3 Å². The van der Waals surface area contributed by atoms with Gasteiger partial charge in [0.2, 0.25) is 0 Å². The molecular formula is C18H34IN5O3. The van der Waals surface area contributed by atoms with Crippen molar-refractivity contribution >= 4 is 41.9 Å². The Labute approximate surface area is 179 Å². The number of nitrogens with zero attached hydrogens (tertiary/aromatic N) is 2. The van der Waals surface area contributed by atoms with Crippen molar-refractivity contribution in [3.05, 3.63) is 0 Å². The Kier molecular flexibility index (Phi) is 8.33. The Morgan fingerprint density at radius 1 is 1.37 bits per heavy atom. The minimum absolute atomic E-state index is 0. The summed E-state index contributed by atoms with van der Waals surface area (Å²) in [6, 6.07) is -0.398. The monoisotopic (exact) mass is 495 g/mol. The normalized spacial score (nSPS) is 25.6. The zero-order valence-electron chi connectivity index (χ0n) is 17.2. The van der Waals surface area contributed by atoms with Crippen LogP contribution in [0, 0.1) is 11.3 Å². The highest BCUT2D eigenvalue weighted by Crippen LogP contribution is 2.30. The number of amides is 3. The van der Waals surface area contributed by atoms with Crippen molar-refractivity contribution in [1.82, 2.24) is 20.9 Å². The second kappa shape index (κ2) is 9.40. The van der Waals surface area contributed by atoms with Crippen LogP contribution in [0.3, 0.4) is 0 Å². The molecule has 0 radical (unpaired) electrons. The number of carbonyl (C=O) groups is 2. The molecule has 0 aromatic rings. The Morgan fingerprint density at radius 2 is 1.96 bits per heavy atom. The molecular weight excluding hydrogens is 461 g/mol. The van der Waals surface area contributed by atoms with Crippen molar-refractivity contribution in [3.8, 4) is 0 Å². The van der Waals surface area contributed by atoms with Crippen molar-refractivity contribution in [2.45, 2.75) is 52.2 Å². The van der Waals surface area contributed by atoms with E-state index in [-0.39, 0.29) is 47.3 Å². The molecule has 2 aliphatic rings. The van der Waals surface area contributed by atoms with Gasteiger partial charge in [-0.25, -0.2) is 4.79 Å². The van der Waals surface area contributed by atoms with E-state index in [1.165, 1.54) is 0 Å². The average Bonchev–Trinajstić information content (AvgIpc) is 2.84. The summed E-state index contributed by atoms with van der Waals surface area (Å²) in [6.45, 7) is 10.5. The molecule has 2 saturated heterocycles. The maximum atomic E-state index is 12.1. The molecule has 0 aromatic heterocycles. The van der Waals surface area contributed by atoms with Gasteiger partial charge in [0.05, 0.1) is 6.10 Å². The largest absolute Gasteiger partial charge is 0.379 e. The van der Waals surface area contributed by atoms with Crippen LogP contribution in [0.5, 0.6) is 0 Å². The predicted octanol–water partition coefficient (Wildman–Crippen LogP) is 1.55. The first-order chi connectivity index (χ1) is 12.1. The molecule has 0 saturated carbocycles. The second-order valence-electron chi connectivity index (χ2n) is 8.39. The third-order valence-corrected chi connectivity index (χ3v) is 5.59. The zero-order valence-corrected chi connectivity index (χ0v) is 19.5. The Bertz CT molecular complexity index is 570. The zero-order chi connectivity index (χ0) is 19.5. The van der Waals surface area contributed by atoms with Gasteiger partial charge in [-0.3, -0.25) is 15.1 Å². The van der Waals surface area contributed by atoms with Gasteiger partial charge in [0, 0.05) is 33.8 Å². The fourth-order valence-electron chi connectivity index (χ4n) is 3.77. The van der Waals surface area contributed by atoms with Gasteiger partial charge in [-0.05, 0) is 31.1 Å². The number of hydrogen-bond acceptors (Lipinski definition) is 4. The van der Waals surface area contributed by atoms with Crippen LogP contribution in [0.15, 0.2) is 4.99 Å². The minimum Gasteiger partial charge on any atom is -0.379 e. The molecule has 3 amide bonds. The molecule has 0 bridgehead atoms. The molecule has 0 aliphatic carbocycles. The third kappa shape index (κ3) is 5.46. The number of guanidine groups is 1. The number of ether oxygens (including phenoxy) is 1. The summed E-state index contributed by atoms with van der Waals surface area (Å²) in [5.41, 5.74) is -0.774. The SMILES string of the molecule is CN=C(NCC(OC)C(C)(C)C)N1CCC(C2(C)NC(=O)NC2=O)CC1.I. The van der Waals surface area contributed by atoms with Gasteiger partial charge in [0.15, 0.2) is 5.96 Å². The molecule has 2 rings (SSSR count). The highest BCUT2D eigenvalue weighted by molar-refractivity contribution is 14.0. The van der Waals surface area contributed by atoms with Crippen molar-refractivity contribution in [2.75, 3.05) is 33.8 Å². The van der Waals surface area contributed by atoms with Crippen LogP contribution < -0.4 is 16.0 Å². The van der Waals surface area contributed by atoms with Crippen LogP contribution in [0.1, 0.15) is 40.5 Å². The highest BCUT2D eigenvalue weighted by Gasteiger charge is 2.48.